The van der Waals surface area contributed by atoms with Gasteiger partial charge >= 0.3 is 0 Å². The average Bonchev–Trinajstić information content (AvgIpc) is 3.27. The van der Waals surface area contributed by atoms with Crippen LogP contribution in [0.5, 0.6) is 0 Å². The lowest BCUT2D eigenvalue weighted by Gasteiger charge is -2.14. The van der Waals surface area contributed by atoms with Crippen molar-refractivity contribution in [2.24, 2.45) is 0 Å². The van der Waals surface area contributed by atoms with E-state index >= 15 is 0 Å². The van der Waals surface area contributed by atoms with Crippen LogP contribution in [-0.4, -0.2) is 52.1 Å². The number of aromatic nitrogens is 4. The number of benzene rings is 1. The van der Waals surface area contributed by atoms with Gasteiger partial charge in [0.1, 0.15) is 12.6 Å². The van der Waals surface area contributed by atoms with E-state index in [4.69, 9.17) is 4.74 Å². The van der Waals surface area contributed by atoms with Crippen molar-refractivity contribution in [2.75, 3.05) is 31.3 Å². The molecule has 0 spiro atoms. The summed E-state index contributed by atoms with van der Waals surface area (Å²) < 4.78 is 8.02. The summed E-state index contributed by atoms with van der Waals surface area (Å²) >= 11 is 1.63. The molecule has 3 heterocycles. The highest BCUT2D eigenvalue weighted by Gasteiger charge is 2.30. The zero-order valence-electron chi connectivity index (χ0n) is 16.1. The quantitative estimate of drug-likeness (QED) is 0.672. The highest BCUT2D eigenvalue weighted by atomic mass is 32.2. The van der Waals surface area contributed by atoms with Crippen LogP contribution < -0.4 is 10.2 Å². The number of hydrogen-bond donors (Lipinski definition) is 1. The third-order valence-electron chi connectivity index (χ3n) is 4.69. The van der Waals surface area contributed by atoms with Gasteiger partial charge in [-0.15, -0.1) is 5.10 Å². The SMILES string of the molecule is Cc1cc(C)n2nc(SC[C@@H]3C[NH2+][C@@H](c4ccc(N(C)C)cc4)O3)nc2n1. The standard InChI is InChI=1S/C19H24N6OS/c1-12-9-13(2)25-18(21-12)22-19(23-25)27-11-16-10-20-17(26-16)14-5-7-15(8-6-14)24(3)4/h5-9,16-17,20H,10-11H2,1-4H3/p+1/t16-,17+/m0/s1. The van der Waals surface area contributed by atoms with E-state index in [2.05, 4.69) is 49.5 Å². The van der Waals surface area contributed by atoms with Crippen molar-refractivity contribution in [3.8, 4) is 0 Å². The van der Waals surface area contributed by atoms with Crippen LogP contribution in [0.1, 0.15) is 23.2 Å². The van der Waals surface area contributed by atoms with E-state index in [1.807, 2.05) is 34.0 Å². The number of quaternary nitrogens is 1. The average molecular weight is 386 g/mol. The predicted molar refractivity (Wildman–Crippen MR) is 106 cm³/mol. The van der Waals surface area contributed by atoms with Crippen LogP contribution in [0.25, 0.3) is 5.78 Å². The zero-order chi connectivity index (χ0) is 19.0. The molecule has 0 aliphatic carbocycles. The summed E-state index contributed by atoms with van der Waals surface area (Å²) in [6.07, 6.45) is 0.239. The Morgan fingerprint density at radius 1 is 1.22 bits per heavy atom. The van der Waals surface area contributed by atoms with Gasteiger partial charge in [0.05, 0.1) is 0 Å². The second kappa shape index (κ2) is 7.46. The number of rotatable bonds is 5. The van der Waals surface area contributed by atoms with E-state index in [0.717, 1.165) is 28.8 Å². The van der Waals surface area contributed by atoms with Crippen molar-refractivity contribution in [3.05, 3.63) is 47.3 Å². The summed E-state index contributed by atoms with van der Waals surface area (Å²) in [5.41, 5.74) is 4.40. The molecule has 1 saturated heterocycles. The topological polar surface area (TPSA) is 72.2 Å². The van der Waals surface area contributed by atoms with Gasteiger partial charge in [0, 0.05) is 42.5 Å². The molecule has 0 radical (unpaired) electrons. The monoisotopic (exact) mass is 385 g/mol. The summed E-state index contributed by atoms with van der Waals surface area (Å²) in [5, 5.41) is 7.55. The van der Waals surface area contributed by atoms with Crippen LogP contribution in [-0.2, 0) is 4.74 Å². The number of nitrogens with two attached hydrogens (primary N) is 1. The van der Waals surface area contributed by atoms with Crippen LogP contribution in [0.3, 0.4) is 0 Å². The highest BCUT2D eigenvalue weighted by molar-refractivity contribution is 7.99. The van der Waals surface area contributed by atoms with Gasteiger partial charge in [0.25, 0.3) is 5.78 Å². The van der Waals surface area contributed by atoms with Gasteiger partial charge < -0.3 is 15.0 Å². The number of anilines is 1. The molecule has 1 aliphatic heterocycles. The van der Waals surface area contributed by atoms with Crippen LogP contribution >= 0.6 is 11.8 Å². The molecule has 2 aromatic heterocycles. The van der Waals surface area contributed by atoms with E-state index in [9.17, 15) is 0 Å². The molecule has 0 unspecified atom stereocenters. The van der Waals surface area contributed by atoms with Crippen molar-refractivity contribution >= 4 is 23.2 Å². The van der Waals surface area contributed by atoms with Crippen LogP contribution in [0, 0.1) is 13.8 Å². The molecular weight excluding hydrogens is 360 g/mol. The number of hydrogen-bond acceptors (Lipinski definition) is 6. The Balaban J connectivity index is 1.37. The van der Waals surface area contributed by atoms with Gasteiger partial charge in [0.2, 0.25) is 11.4 Å². The molecule has 1 fully saturated rings. The molecule has 2 atom stereocenters. The molecule has 3 aromatic rings. The van der Waals surface area contributed by atoms with Gasteiger partial charge in [-0.05, 0) is 44.2 Å². The smallest absolute Gasteiger partial charge is 0.253 e. The molecule has 2 N–H and O–H groups in total. The fraction of sp³-hybridized carbons (Fsp3) is 0.421. The lowest BCUT2D eigenvalue weighted by Crippen LogP contribution is -2.82. The Hall–Kier alpha value is -2.16. The van der Waals surface area contributed by atoms with Crippen LogP contribution in [0.15, 0.2) is 35.5 Å². The molecule has 0 amide bonds. The summed E-state index contributed by atoms with van der Waals surface area (Å²) in [4.78, 5) is 11.1. The molecule has 27 heavy (non-hydrogen) atoms. The molecule has 8 heteroatoms. The van der Waals surface area contributed by atoms with Gasteiger partial charge in [-0.25, -0.2) is 9.50 Å². The lowest BCUT2D eigenvalue weighted by atomic mass is 10.2. The number of aryl methyl sites for hydroxylation is 2. The normalized spacial score (nSPS) is 19.7. The molecule has 7 nitrogen and oxygen atoms in total. The number of thioether (sulfide) groups is 1. The Morgan fingerprint density at radius 2 is 2.00 bits per heavy atom. The molecular formula is C19H25N6OS+. The summed E-state index contributed by atoms with van der Waals surface area (Å²) in [7, 11) is 4.10. The fourth-order valence-electron chi connectivity index (χ4n) is 3.25. The fourth-order valence-corrected chi connectivity index (χ4v) is 4.09. The molecule has 4 rings (SSSR count). The van der Waals surface area contributed by atoms with Crippen molar-refractivity contribution < 1.29 is 10.1 Å². The minimum atomic E-state index is 0.0624. The van der Waals surface area contributed by atoms with E-state index in [1.165, 1.54) is 11.3 Å². The minimum Gasteiger partial charge on any atom is -0.378 e. The van der Waals surface area contributed by atoms with Crippen LogP contribution in [0.4, 0.5) is 5.69 Å². The predicted octanol–water partition coefficient (Wildman–Crippen LogP) is 1.56. The number of nitrogens with zero attached hydrogens (tertiary/aromatic N) is 5. The minimum absolute atomic E-state index is 0.0624. The first kappa shape index (κ1) is 18.2. The number of ether oxygens (including phenoxy) is 1. The Kier molecular flexibility index (Phi) is 5.03. The summed E-state index contributed by atoms with van der Waals surface area (Å²) in [5.74, 6) is 1.49. The molecule has 0 bridgehead atoms. The Bertz CT molecular complexity index is 939. The van der Waals surface area contributed by atoms with Crippen molar-refractivity contribution in [1.82, 2.24) is 19.6 Å². The maximum absolute atomic E-state index is 6.22. The van der Waals surface area contributed by atoms with Crippen molar-refractivity contribution in [3.63, 3.8) is 0 Å². The van der Waals surface area contributed by atoms with Gasteiger partial charge in [-0.2, -0.15) is 4.98 Å². The van der Waals surface area contributed by atoms with E-state index < -0.39 is 0 Å². The first-order valence-corrected chi connectivity index (χ1v) is 10.1. The zero-order valence-corrected chi connectivity index (χ0v) is 16.9. The van der Waals surface area contributed by atoms with Crippen molar-refractivity contribution in [2.45, 2.75) is 31.3 Å². The van der Waals surface area contributed by atoms with E-state index in [1.54, 1.807) is 16.3 Å². The largest absolute Gasteiger partial charge is 0.378 e. The summed E-state index contributed by atoms with van der Waals surface area (Å²) in [6.45, 7) is 4.94. The highest BCUT2D eigenvalue weighted by Crippen LogP contribution is 2.23. The van der Waals surface area contributed by atoms with E-state index in [-0.39, 0.29) is 12.3 Å². The first-order valence-electron chi connectivity index (χ1n) is 9.09. The molecule has 1 aromatic carbocycles. The van der Waals surface area contributed by atoms with Crippen molar-refractivity contribution in [1.29, 1.82) is 0 Å². The molecule has 1 aliphatic rings. The molecule has 142 valence electrons. The Labute approximate surface area is 163 Å². The second-order valence-corrected chi connectivity index (χ2v) is 8.08. The third kappa shape index (κ3) is 3.92. The van der Waals surface area contributed by atoms with Gasteiger partial charge in [0.15, 0.2) is 0 Å². The molecule has 0 saturated carbocycles. The summed E-state index contributed by atoms with van der Waals surface area (Å²) in [6, 6.07) is 10.6. The maximum Gasteiger partial charge on any atom is 0.253 e. The van der Waals surface area contributed by atoms with Gasteiger partial charge in [-0.1, -0.05) is 11.8 Å². The van der Waals surface area contributed by atoms with Crippen LogP contribution in [0.2, 0.25) is 0 Å². The maximum atomic E-state index is 6.22. The number of fused-ring (bicyclic) bond motifs is 1. The van der Waals surface area contributed by atoms with E-state index in [0.29, 0.717) is 5.78 Å². The van der Waals surface area contributed by atoms with Gasteiger partial charge in [-0.3, -0.25) is 0 Å². The second-order valence-electron chi connectivity index (χ2n) is 7.09. The first-order chi connectivity index (χ1) is 13.0. The third-order valence-corrected chi connectivity index (χ3v) is 5.66. The Morgan fingerprint density at radius 3 is 2.74 bits per heavy atom. The lowest BCUT2D eigenvalue weighted by molar-refractivity contribution is -0.697.